The Bertz CT molecular complexity index is 317. The summed E-state index contributed by atoms with van der Waals surface area (Å²) in [5, 5.41) is 8.59. The van der Waals surface area contributed by atoms with Gasteiger partial charge in [-0.15, -0.1) is 12.6 Å². The molecule has 0 bridgehead atoms. The minimum absolute atomic E-state index is 0.586. The van der Waals surface area contributed by atoms with E-state index in [2.05, 4.69) is 12.6 Å². The van der Waals surface area contributed by atoms with Gasteiger partial charge in [-0.05, 0) is 25.1 Å². The third kappa shape index (κ3) is 1.93. The maximum absolute atomic E-state index is 8.59. The lowest BCUT2D eigenvalue weighted by molar-refractivity contribution is 0.332. The molecular weight excluding hydrogens is 170 g/mol. The molecule has 62 valence electrons. The predicted octanol–water partition coefficient (Wildman–Crippen LogP) is 2.25. The summed E-state index contributed by atoms with van der Waals surface area (Å²) in [5.41, 5.74) is 0.594. The second-order valence-corrected chi connectivity index (χ2v) is 2.71. The molecule has 0 aromatic heterocycles. The van der Waals surface area contributed by atoms with Gasteiger partial charge in [0.1, 0.15) is 5.75 Å². The first kappa shape index (κ1) is 8.95. The molecule has 0 atom stereocenters. The number of hydrogen-bond donors (Lipinski definition) is 1. The molecule has 0 saturated heterocycles. The first-order valence-electron chi connectivity index (χ1n) is 3.64. The van der Waals surface area contributed by atoms with Crippen LogP contribution in [0.1, 0.15) is 12.5 Å². The smallest absolute Gasteiger partial charge is 0.133 e. The van der Waals surface area contributed by atoms with E-state index in [0.717, 1.165) is 4.90 Å². The molecule has 0 saturated carbocycles. The van der Waals surface area contributed by atoms with E-state index in [-0.39, 0.29) is 0 Å². The molecule has 0 aliphatic rings. The monoisotopic (exact) mass is 179 g/mol. The number of nitrogens with zero attached hydrogens (tertiary/aromatic N) is 1. The Labute approximate surface area is 77.2 Å². The fourth-order valence-corrected chi connectivity index (χ4v) is 1.06. The summed E-state index contributed by atoms with van der Waals surface area (Å²) in [6.07, 6.45) is 0. The van der Waals surface area contributed by atoms with Gasteiger partial charge in [0, 0.05) is 4.90 Å². The molecule has 0 radical (unpaired) electrons. The summed E-state index contributed by atoms with van der Waals surface area (Å²) >= 11 is 4.18. The maximum atomic E-state index is 8.59. The van der Waals surface area contributed by atoms with Crippen LogP contribution in [0.5, 0.6) is 5.75 Å². The van der Waals surface area contributed by atoms with E-state index < -0.39 is 0 Å². The highest BCUT2D eigenvalue weighted by Gasteiger charge is 2.00. The second-order valence-electron chi connectivity index (χ2n) is 2.23. The lowest BCUT2D eigenvalue weighted by Crippen LogP contribution is -1.92. The minimum Gasteiger partial charge on any atom is -0.493 e. The molecule has 0 N–H and O–H groups in total. The van der Waals surface area contributed by atoms with Crippen molar-refractivity contribution >= 4 is 12.6 Å². The van der Waals surface area contributed by atoms with Crippen LogP contribution < -0.4 is 4.74 Å². The van der Waals surface area contributed by atoms with Crippen LogP contribution in [0.3, 0.4) is 0 Å². The standard InChI is InChI=1S/C9H9NOS/c1-2-11-8-5-7(6-10)3-4-9(8)12/h3-5,12H,2H2,1H3. The van der Waals surface area contributed by atoms with E-state index in [1.807, 2.05) is 13.0 Å². The highest BCUT2D eigenvalue weighted by atomic mass is 32.1. The van der Waals surface area contributed by atoms with Crippen molar-refractivity contribution in [2.75, 3.05) is 6.61 Å². The van der Waals surface area contributed by atoms with Gasteiger partial charge in [-0.25, -0.2) is 0 Å². The molecular formula is C9H9NOS. The van der Waals surface area contributed by atoms with Gasteiger partial charge < -0.3 is 4.74 Å². The summed E-state index contributed by atoms with van der Waals surface area (Å²) in [7, 11) is 0. The van der Waals surface area contributed by atoms with Crippen molar-refractivity contribution in [1.82, 2.24) is 0 Å². The van der Waals surface area contributed by atoms with Crippen LogP contribution in [0.4, 0.5) is 0 Å². The maximum Gasteiger partial charge on any atom is 0.133 e. The summed E-state index contributed by atoms with van der Waals surface area (Å²) < 4.78 is 5.25. The van der Waals surface area contributed by atoms with Crippen LogP contribution >= 0.6 is 12.6 Å². The first-order valence-corrected chi connectivity index (χ1v) is 4.08. The topological polar surface area (TPSA) is 33.0 Å². The molecule has 1 aromatic rings. The van der Waals surface area contributed by atoms with Crippen molar-refractivity contribution < 1.29 is 4.74 Å². The Hall–Kier alpha value is -1.14. The van der Waals surface area contributed by atoms with E-state index in [9.17, 15) is 0 Å². The van der Waals surface area contributed by atoms with E-state index in [1.165, 1.54) is 0 Å². The van der Waals surface area contributed by atoms with E-state index in [0.29, 0.717) is 17.9 Å². The first-order chi connectivity index (χ1) is 5.77. The van der Waals surface area contributed by atoms with Gasteiger partial charge in [0.15, 0.2) is 0 Å². The Kier molecular flexibility index (Phi) is 3.01. The van der Waals surface area contributed by atoms with Gasteiger partial charge in [-0.2, -0.15) is 5.26 Å². The Morgan fingerprint density at radius 1 is 1.58 bits per heavy atom. The number of hydrogen-bond acceptors (Lipinski definition) is 3. The fourth-order valence-electron chi connectivity index (χ4n) is 0.855. The van der Waals surface area contributed by atoms with E-state index >= 15 is 0 Å². The molecule has 0 fully saturated rings. The second kappa shape index (κ2) is 4.03. The Balaban J connectivity index is 3.01. The average Bonchev–Trinajstić information content (AvgIpc) is 2.09. The summed E-state index contributed by atoms with van der Waals surface area (Å²) in [5.74, 6) is 0.667. The molecule has 12 heavy (non-hydrogen) atoms. The lowest BCUT2D eigenvalue weighted by Gasteiger charge is -2.05. The highest BCUT2D eigenvalue weighted by molar-refractivity contribution is 7.80. The van der Waals surface area contributed by atoms with E-state index in [1.54, 1.807) is 18.2 Å². The van der Waals surface area contributed by atoms with Gasteiger partial charge in [-0.1, -0.05) is 0 Å². The van der Waals surface area contributed by atoms with Gasteiger partial charge in [0.25, 0.3) is 0 Å². The number of benzene rings is 1. The zero-order chi connectivity index (χ0) is 8.97. The third-order valence-corrected chi connectivity index (χ3v) is 1.76. The molecule has 0 amide bonds. The quantitative estimate of drug-likeness (QED) is 0.706. The van der Waals surface area contributed by atoms with Crippen molar-refractivity contribution in [1.29, 1.82) is 5.26 Å². The third-order valence-electron chi connectivity index (χ3n) is 1.39. The van der Waals surface area contributed by atoms with Crippen molar-refractivity contribution in [2.45, 2.75) is 11.8 Å². The van der Waals surface area contributed by atoms with Gasteiger partial charge in [0.05, 0.1) is 18.2 Å². The molecule has 0 heterocycles. The van der Waals surface area contributed by atoms with Crippen molar-refractivity contribution in [3.63, 3.8) is 0 Å². The molecule has 0 aliphatic carbocycles. The molecule has 0 spiro atoms. The van der Waals surface area contributed by atoms with Crippen LogP contribution in [0.2, 0.25) is 0 Å². The lowest BCUT2D eigenvalue weighted by atomic mass is 10.2. The largest absolute Gasteiger partial charge is 0.493 e. The number of nitriles is 1. The summed E-state index contributed by atoms with van der Waals surface area (Å²) in [6, 6.07) is 7.20. The van der Waals surface area contributed by atoms with Crippen LogP contribution in [-0.4, -0.2) is 6.61 Å². The molecule has 1 aromatic carbocycles. The predicted molar refractivity (Wildman–Crippen MR) is 49.6 cm³/mol. The Morgan fingerprint density at radius 2 is 2.33 bits per heavy atom. The SMILES string of the molecule is CCOc1cc(C#N)ccc1S. The van der Waals surface area contributed by atoms with Crippen molar-refractivity contribution in [2.24, 2.45) is 0 Å². The molecule has 2 nitrogen and oxygen atoms in total. The zero-order valence-electron chi connectivity index (χ0n) is 6.74. The normalized spacial score (nSPS) is 9.08. The number of rotatable bonds is 2. The minimum atomic E-state index is 0.586. The fraction of sp³-hybridized carbons (Fsp3) is 0.222. The average molecular weight is 179 g/mol. The molecule has 0 aliphatic heterocycles. The van der Waals surface area contributed by atoms with Gasteiger partial charge >= 0.3 is 0 Å². The molecule has 0 unspecified atom stereocenters. The van der Waals surface area contributed by atoms with Gasteiger partial charge in [0.2, 0.25) is 0 Å². The summed E-state index contributed by atoms with van der Waals surface area (Å²) in [4.78, 5) is 0.760. The van der Waals surface area contributed by atoms with Crippen molar-refractivity contribution in [3.05, 3.63) is 23.8 Å². The van der Waals surface area contributed by atoms with Gasteiger partial charge in [-0.3, -0.25) is 0 Å². The molecule has 1 rings (SSSR count). The van der Waals surface area contributed by atoms with Crippen LogP contribution in [0.25, 0.3) is 0 Å². The van der Waals surface area contributed by atoms with Crippen LogP contribution in [0, 0.1) is 11.3 Å². The Morgan fingerprint density at radius 3 is 2.92 bits per heavy atom. The summed E-state index contributed by atoms with van der Waals surface area (Å²) in [6.45, 7) is 2.48. The van der Waals surface area contributed by atoms with Crippen molar-refractivity contribution in [3.8, 4) is 11.8 Å². The van der Waals surface area contributed by atoms with Crippen LogP contribution in [0.15, 0.2) is 23.1 Å². The highest BCUT2D eigenvalue weighted by Crippen LogP contribution is 2.23. The molecule has 3 heteroatoms. The van der Waals surface area contributed by atoms with E-state index in [4.69, 9.17) is 10.00 Å². The zero-order valence-corrected chi connectivity index (χ0v) is 7.64. The number of thiol groups is 1. The van der Waals surface area contributed by atoms with Crippen LogP contribution in [-0.2, 0) is 0 Å². The number of ether oxygens (including phenoxy) is 1.